The Labute approximate surface area is 221 Å². The number of fused-ring (bicyclic) bond motifs is 1. The fraction of sp³-hybridized carbons (Fsp3) is 0.464. The Kier molecular flexibility index (Phi) is 10.0. The summed E-state index contributed by atoms with van der Waals surface area (Å²) in [5, 5.41) is 2.73. The van der Waals surface area contributed by atoms with Crippen LogP contribution in [-0.2, 0) is 42.4 Å². The van der Waals surface area contributed by atoms with Crippen LogP contribution in [0.25, 0.3) is 21.9 Å². The van der Waals surface area contributed by atoms with Crippen molar-refractivity contribution in [3.63, 3.8) is 0 Å². The van der Waals surface area contributed by atoms with E-state index >= 15 is 0 Å². The van der Waals surface area contributed by atoms with E-state index in [-0.39, 0.29) is 67.3 Å². The van der Waals surface area contributed by atoms with Crippen LogP contribution in [0.5, 0.6) is 0 Å². The molecule has 0 aliphatic carbocycles. The van der Waals surface area contributed by atoms with Gasteiger partial charge in [-0.3, -0.25) is 0 Å². The molecule has 0 aliphatic heterocycles. The zero-order valence-electron chi connectivity index (χ0n) is 20.8. The van der Waals surface area contributed by atoms with Gasteiger partial charge in [-0.25, -0.2) is 0 Å². The molecule has 0 spiro atoms. The molecule has 0 amide bonds. The van der Waals surface area contributed by atoms with Crippen LogP contribution in [0.1, 0.15) is 84.6 Å². The van der Waals surface area contributed by atoms with Gasteiger partial charge in [0.2, 0.25) is 0 Å². The van der Waals surface area contributed by atoms with Gasteiger partial charge < -0.3 is 24.8 Å². The second-order valence-corrected chi connectivity index (χ2v) is 11.6. The minimum absolute atomic E-state index is 0. The summed E-state index contributed by atoms with van der Waals surface area (Å²) in [6, 6.07) is 16.7. The summed E-state index contributed by atoms with van der Waals surface area (Å²) in [6.07, 6.45) is 0. The van der Waals surface area contributed by atoms with Crippen LogP contribution in [0.15, 0.2) is 42.5 Å². The van der Waals surface area contributed by atoms with Gasteiger partial charge in [-0.15, -0.1) is 28.5 Å². The average molecular weight is 536 g/mol. The summed E-state index contributed by atoms with van der Waals surface area (Å²) in [6.45, 7) is 23.0. The first-order valence-electron chi connectivity index (χ1n) is 10.5. The molecule has 0 N–H and O–H groups in total. The summed E-state index contributed by atoms with van der Waals surface area (Å²) in [4.78, 5) is 0. The SMILES string of the molecule is Cc1cc2c(-c3cc(C(C)(C)C)cc(C(C)(C)C)c3)cc(C(C)(C)C)cc2[cH-]1.[Cl-].[Cl-].[Zr+3]. The van der Waals surface area contributed by atoms with Crippen LogP contribution in [0.2, 0.25) is 0 Å². The van der Waals surface area contributed by atoms with Crippen molar-refractivity contribution < 1.29 is 51.0 Å². The van der Waals surface area contributed by atoms with Crippen LogP contribution in [0, 0.1) is 6.92 Å². The molecule has 3 rings (SSSR count). The fourth-order valence-electron chi connectivity index (χ4n) is 3.79. The molecule has 0 unspecified atom stereocenters. The predicted octanol–water partition coefficient (Wildman–Crippen LogP) is 2.43. The Morgan fingerprint density at radius 3 is 1.42 bits per heavy atom. The van der Waals surface area contributed by atoms with Crippen LogP contribution >= 0.6 is 0 Å². The fourth-order valence-corrected chi connectivity index (χ4v) is 3.79. The number of hydrogen-bond acceptors (Lipinski definition) is 0. The van der Waals surface area contributed by atoms with E-state index in [1.54, 1.807) is 0 Å². The second-order valence-electron chi connectivity index (χ2n) is 11.6. The van der Waals surface area contributed by atoms with Crippen molar-refractivity contribution in [3.05, 3.63) is 64.7 Å². The third-order valence-electron chi connectivity index (χ3n) is 5.81. The topological polar surface area (TPSA) is 0 Å². The molecule has 3 aromatic carbocycles. The number of hydrogen-bond donors (Lipinski definition) is 0. The van der Waals surface area contributed by atoms with Gasteiger partial charge in [0.05, 0.1) is 0 Å². The van der Waals surface area contributed by atoms with Crippen LogP contribution in [0.3, 0.4) is 0 Å². The summed E-state index contributed by atoms with van der Waals surface area (Å²) in [5.41, 5.74) is 8.65. The number of rotatable bonds is 1. The van der Waals surface area contributed by atoms with Gasteiger partial charge in [0.1, 0.15) is 0 Å². The first-order chi connectivity index (χ1) is 12.7. The molecule has 0 heterocycles. The zero-order chi connectivity index (χ0) is 21.1. The van der Waals surface area contributed by atoms with E-state index in [2.05, 4.69) is 112 Å². The van der Waals surface area contributed by atoms with Crippen molar-refractivity contribution >= 4 is 10.8 Å². The van der Waals surface area contributed by atoms with E-state index in [9.17, 15) is 0 Å². The van der Waals surface area contributed by atoms with Crippen molar-refractivity contribution in [1.82, 2.24) is 0 Å². The van der Waals surface area contributed by atoms with Gasteiger partial charge in [0.15, 0.2) is 0 Å². The van der Waals surface area contributed by atoms with E-state index in [0.29, 0.717) is 0 Å². The maximum absolute atomic E-state index is 2.43. The van der Waals surface area contributed by atoms with Crippen molar-refractivity contribution in [2.24, 2.45) is 0 Å². The Morgan fingerprint density at radius 2 is 1.00 bits per heavy atom. The smallest absolute Gasteiger partial charge is 1.00 e. The van der Waals surface area contributed by atoms with Crippen molar-refractivity contribution in [3.8, 4) is 11.1 Å². The molecule has 0 nitrogen and oxygen atoms in total. The van der Waals surface area contributed by atoms with E-state index in [0.717, 1.165) is 0 Å². The third kappa shape index (κ3) is 6.75. The number of aryl methyl sites for hydroxylation is 1. The molecule has 0 saturated heterocycles. The summed E-state index contributed by atoms with van der Waals surface area (Å²) in [7, 11) is 0. The predicted molar refractivity (Wildman–Crippen MR) is 126 cm³/mol. The van der Waals surface area contributed by atoms with Gasteiger partial charge >= 0.3 is 26.2 Å². The van der Waals surface area contributed by atoms with Gasteiger partial charge in [-0.1, -0.05) is 105 Å². The average Bonchev–Trinajstić information content (AvgIpc) is 2.91. The monoisotopic (exact) mass is 533 g/mol. The van der Waals surface area contributed by atoms with Crippen molar-refractivity contribution in [1.29, 1.82) is 0 Å². The van der Waals surface area contributed by atoms with Gasteiger partial charge in [0, 0.05) is 0 Å². The Morgan fingerprint density at radius 1 is 0.581 bits per heavy atom. The van der Waals surface area contributed by atoms with E-state index in [1.165, 1.54) is 44.2 Å². The normalized spacial score (nSPS) is 12.1. The second kappa shape index (κ2) is 10.2. The van der Waals surface area contributed by atoms with Crippen molar-refractivity contribution in [2.45, 2.75) is 85.5 Å². The number of benzene rings is 2. The summed E-state index contributed by atoms with van der Waals surface area (Å²) in [5.74, 6) is 0. The molecule has 3 heteroatoms. The maximum atomic E-state index is 2.43. The first kappa shape index (κ1) is 30.5. The molecule has 1 radical (unpaired) electrons. The largest absolute Gasteiger partial charge is 3.00 e. The third-order valence-corrected chi connectivity index (χ3v) is 5.81. The number of halogens is 2. The molecule has 0 atom stereocenters. The molecule has 0 fully saturated rings. The van der Waals surface area contributed by atoms with Gasteiger partial charge in [-0.05, 0) is 32.9 Å². The van der Waals surface area contributed by atoms with Crippen LogP contribution in [-0.4, -0.2) is 0 Å². The van der Waals surface area contributed by atoms with Gasteiger partial charge in [-0.2, -0.15) is 6.07 Å². The van der Waals surface area contributed by atoms with Crippen molar-refractivity contribution in [2.75, 3.05) is 0 Å². The standard InChI is InChI=1S/C28H37.2ClH.Zr/c1-18-11-19-13-23(28(8,9)10)17-25(24(19)12-18)20-14-21(26(2,3)4)16-22(15-20)27(5,6)7;;;/h11-17H,1-10H3;2*1H;/q-1;;;+3/p-2. The summed E-state index contributed by atoms with van der Waals surface area (Å²) < 4.78 is 0. The van der Waals surface area contributed by atoms with E-state index < -0.39 is 0 Å². The molecule has 0 bridgehead atoms. The Balaban J connectivity index is 0.00000300. The molecule has 3 aromatic rings. The van der Waals surface area contributed by atoms with Crippen LogP contribution in [0.4, 0.5) is 0 Å². The Bertz CT molecular complexity index is 990. The van der Waals surface area contributed by atoms with Gasteiger partial charge in [0.25, 0.3) is 0 Å². The first-order valence-corrected chi connectivity index (χ1v) is 10.5. The minimum Gasteiger partial charge on any atom is -1.00 e. The zero-order valence-corrected chi connectivity index (χ0v) is 24.8. The van der Waals surface area contributed by atoms with E-state index in [4.69, 9.17) is 0 Å². The Hall–Kier alpha value is -0.487. The van der Waals surface area contributed by atoms with E-state index in [1.807, 2.05) is 0 Å². The molecular weight excluding hydrogens is 498 g/mol. The molecule has 0 aromatic heterocycles. The molecule has 0 saturated carbocycles. The molecular formula is C28H37Cl2Zr. The molecule has 0 aliphatic rings. The molecule has 167 valence electrons. The minimum atomic E-state index is 0. The van der Waals surface area contributed by atoms with Crippen LogP contribution < -0.4 is 24.8 Å². The summed E-state index contributed by atoms with van der Waals surface area (Å²) >= 11 is 0. The maximum Gasteiger partial charge on any atom is 3.00 e. The quantitative estimate of drug-likeness (QED) is 0.420. The molecule has 31 heavy (non-hydrogen) atoms.